The van der Waals surface area contributed by atoms with Crippen LogP contribution in [-0.4, -0.2) is 94.1 Å². The lowest BCUT2D eigenvalue weighted by molar-refractivity contribution is -0.130. The third-order valence-corrected chi connectivity index (χ3v) is 11.2. The molecule has 0 spiro atoms. The lowest BCUT2D eigenvalue weighted by atomic mass is 10.0. The van der Waals surface area contributed by atoms with E-state index in [1.165, 1.54) is 0 Å². The number of hydrogen-bond acceptors (Lipinski definition) is 9. The molecular formula is C43H50Cl2FN7O5. The molecule has 3 amide bonds. The summed E-state index contributed by atoms with van der Waals surface area (Å²) in [6, 6.07) is 14.4. The minimum atomic E-state index is -0.707. The monoisotopic (exact) mass is 833 g/mol. The summed E-state index contributed by atoms with van der Waals surface area (Å²) in [4.78, 5) is 51.4. The van der Waals surface area contributed by atoms with Gasteiger partial charge in [0.15, 0.2) is 11.6 Å². The van der Waals surface area contributed by atoms with Crippen molar-refractivity contribution in [2.75, 3.05) is 39.1 Å². The molecule has 2 saturated heterocycles. The molecule has 0 radical (unpaired) electrons. The number of halogens is 3. The number of rotatable bonds is 12. The summed E-state index contributed by atoms with van der Waals surface area (Å²) in [6.07, 6.45) is 5.40. The number of methoxy groups -OCH3 is 1. The fraction of sp³-hybridized carbons (Fsp3) is 0.419. The first-order valence-corrected chi connectivity index (χ1v) is 20.1. The van der Waals surface area contributed by atoms with Crippen LogP contribution < -0.4 is 15.4 Å². The van der Waals surface area contributed by atoms with Crippen LogP contribution in [0.15, 0.2) is 60.9 Å². The summed E-state index contributed by atoms with van der Waals surface area (Å²) in [6.45, 7) is 9.23. The maximum Gasteiger partial charge on any atom is 0.410 e. The molecule has 6 rings (SSSR count). The smallest absolute Gasteiger partial charge is 0.410 e. The molecule has 2 fully saturated rings. The maximum absolute atomic E-state index is 16.0. The Labute approximate surface area is 349 Å². The van der Waals surface area contributed by atoms with Gasteiger partial charge in [-0.2, -0.15) is 0 Å². The van der Waals surface area contributed by atoms with Gasteiger partial charge < -0.3 is 29.9 Å². The van der Waals surface area contributed by atoms with Gasteiger partial charge in [0, 0.05) is 91.8 Å². The number of amides is 3. The number of benzene rings is 2. The lowest BCUT2D eigenvalue weighted by Gasteiger charge is -2.36. The van der Waals surface area contributed by atoms with Crippen molar-refractivity contribution in [3.05, 3.63) is 87.9 Å². The summed E-state index contributed by atoms with van der Waals surface area (Å²) in [5.74, 6) is 0.118. The van der Waals surface area contributed by atoms with Gasteiger partial charge in [0.1, 0.15) is 11.4 Å². The molecule has 308 valence electrons. The number of nitrogens with zero attached hydrogens (tertiary/aromatic N) is 5. The van der Waals surface area contributed by atoms with E-state index in [9.17, 15) is 14.4 Å². The predicted molar refractivity (Wildman–Crippen MR) is 224 cm³/mol. The number of hydrogen-bond donors (Lipinski definition) is 2. The van der Waals surface area contributed by atoms with Crippen LogP contribution in [0, 0.1) is 5.82 Å². The third-order valence-electron chi connectivity index (χ3n) is 10.5. The minimum absolute atomic E-state index is 0.0394. The molecule has 2 N–H and O–H groups in total. The van der Waals surface area contributed by atoms with Gasteiger partial charge in [-0.15, -0.1) is 0 Å². The second-order valence-corrected chi connectivity index (χ2v) is 16.5. The zero-order valence-electron chi connectivity index (χ0n) is 33.7. The Hall–Kier alpha value is -4.98. The average Bonchev–Trinajstić information content (AvgIpc) is 3.60. The number of carbonyl (C=O) groups is 3. The normalized spacial score (nSPS) is 16.0. The van der Waals surface area contributed by atoms with Crippen LogP contribution in [0.25, 0.3) is 22.4 Å². The van der Waals surface area contributed by atoms with Gasteiger partial charge in [0.05, 0.1) is 35.1 Å². The topological polar surface area (TPSA) is 129 Å². The number of pyridine rings is 2. The molecule has 12 nitrogen and oxygen atoms in total. The second kappa shape index (κ2) is 18.3. The third kappa shape index (κ3) is 10.2. The van der Waals surface area contributed by atoms with Crippen molar-refractivity contribution in [2.45, 2.75) is 84.2 Å². The van der Waals surface area contributed by atoms with E-state index in [0.717, 1.165) is 18.4 Å². The van der Waals surface area contributed by atoms with Crippen LogP contribution in [0.5, 0.6) is 5.75 Å². The highest BCUT2D eigenvalue weighted by atomic mass is 35.5. The molecule has 15 heteroatoms. The van der Waals surface area contributed by atoms with Crippen LogP contribution >= 0.6 is 23.2 Å². The van der Waals surface area contributed by atoms with Crippen molar-refractivity contribution >= 4 is 52.6 Å². The summed E-state index contributed by atoms with van der Waals surface area (Å²) in [5.41, 5.74) is 3.31. The molecule has 2 aliphatic heterocycles. The highest BCUT2D eigenvalue weighted by molar-refractivity contribution is 6.39. The first-order valence-electron chi connectivity index (χ1n) is 19.4. The molecule has 58 heavy (non-hydrogen) atoms. The van der Waals surface area contributed by atoms with Gasteiger partial charge in [0.25, 0.3) is 0 Å². The number of aromatic nitrogens is 2. The predicted octanol–water partition coefficient (Wildman–Crippen LogP) is 8.47. The molecule has 0 unspecified atom stereocenters. The molecule has 0 saturated carbocycles. The number of ether oxygens (including phenoxy) is 2. The Kier molecular flexibility index (Phi) is 13.4. The molecule has 2 aromatic carbocycles. The van der Waals surface area contributed by atoms with Crippen molar-refractivity contribution < 1.29 is 28.2 Å². The first-order chi connectivity index (χ1) is 27.6. The largest absolute Gasteiger partial charge is 0.496 e. The van der Waals surface area contributed by atoms with Crippen molar-refractivity contribution in [3.63, 3.8) is 0 Å². The molecule has 1 atom stereocenters. The molecule has 4 heterocycles. The molecular weight excluding hydrogens is 784 g/mol. The van der Waals surface area contributed by atoms with Crippen LogP contribution in [0.4, 0.5) is 20.7 Å². The van der Waals surface area contributed by atoms with E-state index in [1.807, 2.05) is 57.0 Å². The Morgan fingerprint density at radius 3 is 2.38 bits per heavy atom. The van der Waals surface area contributed by atoms with E-state index in [0.29, 0.717) is 81.9 Å². The number of likely N-dealkylation sites (tertiary alicyclic amines) is 1. The summed E-state index contributed by atoms with van der Waals surface area (Å²) in [5, 5.41) is 6.68. The fourth-order valence-electron chi connectivity index (χ4n) is 7.37. The van der Waals surface area contributed by atoms with Gasteiger partial charge >= 0.3 is 6.09 Å². The maximum atomic E-state index is 16.0. The van der Waals surface area contributed by atoms with Gasteiger partial charge in [0.2, 0.25) is 11.8 Å². The Morgan fingerprint density at radius 1 is 0.983 bits per heavy atom. The van der Waals surface area contributed by atoms with Crippen LogP contribution in [0.1, 0.15) is 64.5 Å². The van der Waals surface area contributed by atoms with Crippen LogP contribution in [0.2, 0.25) is 10.0 Å². The SMILES string of the molecule is COc1cc(-c2nccc(-c3cccc(Nc4nccc(CN(C)C5CCN(C(C)=O)CC5)c4F)c3Cl)c2Cl)ccc1CN(C[C@@H]1CCC(=O)N1)C(=O)OC(C)(C)C. The first kappa shape index (κ1) is 42.6. The number of carbonyl (C=O) groups excluding carboxylic acids is 3. The van der Waals surface area contributed by atoms with Crippen molar-refractivity contribution in [2.24, 2.45) is 0 Å². The molecule has 2 aliphatic rings. The second-order valence-electron chi connectivity index (χ2n) is 15.8. The summed E-state index contributed by atoms with van der Waals surface area (Å²) < 4.78 is 27.5. The fourth-order valence-corrected chi connectivity index (χ4v) is 7.97. The van der Waals surface area contributed by atoms with E-state index >= 15 is 4.39 Å². The van der Waals surface area contributed by atoms with Crippen molar-refractivity contribution in [3.8, 4) is 28.1 Å². The van der Waals surface area contributed by atoms with Crippen LogP contribution in [0.3, 0.4) is 0 Å². The number of anilines is 2. The van der Waals surface area contributed by atoms with Crippen molar-refractivity contribution in [1.29, 1.82) is 0 Å². The van der Waals surface area contributed by atoms with E-state index < -0.39 is 17.5 Å². The quantitative estimate of drug-likeness (QED) is 0.145. The molecule has 2 aromatic heterocycles. The Bertz CT molecular complexity index is 2160. The van der Waals surface area contributed by atoms with Gasteiger partial charge in [-0.1, -0.05) is 47.5 Å². The van der Waals surface area contributed by atoms with Crippen molar-refractivity contribution in [1.82, 2.24) is 30.0 Å². The van der Waals surface area contributed by atoms with Gasteiger partial charge in [-0.25, -0.2) is 14.2 Å². The summed E-state index contributed by atoms with van der Waals surface area (Å²) in [7, 11) is 3.52. The minimum Gasteiger partial charge on any atom is -0.496 e. The molecule has 4 aromatic rings. The Morgan fingerprint density at radius 2 is 1.71 bits per heavy atom. The van der Waals surface area contributed by atoms with Gasteiger partial charge in [-0.3, -0.25) is 19.5 Å². The average molecular weight is 835 g/mol. The zero-order chi connectivity index (χ0) is 41.7. The Balaban J connectivity index is 1.21. The number of nitrogens with one attached hydrogen (secondary N) is 2. The molecule has 0 bridgehead atoms. The highest BCUT2D eigenvalue weighted by Crippen LogP contribution is 2.42. The lowest BCUT2D eigenvalue weighted by Crippen LogP contribution is -2.44. The van der Waals surface area contributed by atoms with Crippen LogP contribution in [-0.2, 0) is 27.4 Å². The molecule has 0 aliphatic carbocycles. The van der Waals surface area contributed by atoms with E-state index in [2.05, 4.69) is 25.5 Å². The van der Waals surface area contributed by atoms with Gasteiger partial charge in [-0.05, 0) is 71.3 Å². The number of piperidine rings is 1. The summed E-state index contributed by atoms with van der Waals surface area (Å²) >= 11 is 14.1. The van der Waals surface area contributed by atoms with E-state index in [1.54, 1.807) is 55.6 Å². The highest BCUT2D eigenvalue weighted by Gasteiger charge is 2.30. The zero-order valence-corrected chi connectivity index (χ0v) is 35.2. The standard InChI is InChI=1S/C43H50Cl2FN7O5/c1-26(54)52-20-16-31(17-21-52)51(5)23-29-14-18-48-41(39(29)46)50-34-9-7-8-32(37(34)44)33-15-19-47-40(38(33)45)27-10-11-28(35(22-27)57-6)24-53(42(56)58-43(2,3)4)25-30-12-13-36(55)49-30/h7-11,14-15,18-19,22,30-31H,12-13,16-17,20-21,23-25H2,1-6H3,(H,48,50)(H,49,55)/t30-/m0/s1. The van der Waals surface area contributed by atoms with E-state index in [-0.39, 0.29) is 42.8 Å². The van der Waals surface area contributed by atoms with E-state index in [4.69, 9.17) is 32.7 Å².